The molecule has 176 valence electrons. The van der Waals surface area contributed by atoms with E-state index in [9.17, 15) is 9.59 Å². The summed E-state index contributed by atoms with van der Waals surface area (Å²) in [4.78, 5) is 29.2. The first-order valence-electron chi connectivity index (χ1n) is 11.1. The zero-order valence-electron chi connectivity index (χ0n) is 18.8. The molecule has 0 saturated carbocycles. The number of halogens is 1. The molecule has 0 aliphatic carbocycles. The summed E-state index contributed by atoms with van der Waals surface area (Å²) >= 11 is 7.77. The second kappa shape index (κ2) is 9.29. The molecule has 34 heavy (non-hydrogen) atoms. The van der Waals surface area contributed by atoms with Gasteiger partial charge in [0.25, 0.3) is 5.91 Å². The predicted molar refractivity (Wildman–Crippen MR) is 132 cm³/mol. The first-order chi connectivity index (χ1) is 16.4. The number of nitrogens with one attached hydrogen (secondary N) is 2. The van der Waals surface area contributed by atoms with E-state index in [2.05, 4.69) is 22.6 Å². The summed E-state index contributed by atoms with van der Waals surface area (Å²) in [6, 6.07) is 12.0. The van der Waals surface area contributed by atoms with E-state index in [0.717, 1.165) is 41.2 Å². The van der Waals surface area contributed by atoms with Crippen LogP contribution in [0.15, 0.2) is 42.5 Å². The Morgan fingerprint density at radius 3 is 2.82 bits per heavy atom. The molecular weight excluding hydrogens is 474 g/mol. The SMILES string of the molecule is CCOc1cc([C@H]2NC(=O)c3c(sc4c3CCN(C)C4)N2)ccc1OC(=O)c1ccccc1Cl. The van der Waals surface area contributed by atoms with Gasteiger partial charge in [-0.3, -0.25) is 4.79 Å². The van der Waals surface area contributed by atoms with Crippen LogP contribution >= 0.6 is 22.9 Å². The minimum Gasteiger partial charge on any atom is -0.490 e. The number of likely N-dealkylation sites (N-methyl/N-ethyl adjacent to an activating group) is 1. The highest BCUT2D eigenvalue weighted by molar-refractivity contribution is 7.16. The number of hydrogen-bond donors (Lipinski definition) is 2. The summed E-state index contributed by atoms with van der Waals surface area (Å²) in [6.07, 6.45) is 0.447. The maximum absolute atomic E-state index is 13.0. The molecule has 0 saturated heterocycles. The lowest BCUT2D eigenvalue weighted by Crippen LogP contribution is -2.38. The van der Waals surface area contributed by atoms with Crippen LogP contribution in [0.25, 0.3) is 0 Å². The lowest BCUT2D eigenvalue weighted by Gasteiger charge is -2.28. The van der Waals surface area contributed by atoms with E-state index in [4.69, 9.17) is 21.1 Å². The largest absolute Gasteiger partial charge is 0.490 e. The van der Waals surface area contributed by atoms with E-state index >= 15 is 0 Å². The van der Waals surface area contributed by atoms with E-state index < -0.39 is 12.1 Å². The van der Waals surface area contributed by atoms with Gasteiger partial charge in [-0.1, -0.05) is 29.8 Å². The summed E-state index contributed by atoms with van der Waals surface area (Å²) in [7, 11) is 2.09. The van der Waals surface area contributed by atoms with E-state index in [1.54, 1.807) is 47.7 Å². The number of anilines is 1. The average Bonchev–Trinajstić information content (AvgIpc) is 3.18. The third-order valence-corrected chi connectivity index (χ3v) is 7.40. The van der Waals surface area contributed by atoms with Crippen molar-refractivity contribution < 1.29 is 19.1 Å². The van der Waals surface area contributed by atoms with Crippen LogP contribution in [0.1, 0.15) is 49.8 Å². The van der Waals surface area contributed by atoms with Crippen LogP contribution in [0, 0.1) is 0 Å². The summed E-state index contributed by atoms with van der Waals surface area (Å²) in [5, 5.41) is 7.73. The smallest absolute Gasteiger partial charge is 0.345 e. The molecule has 9 heteroatoms. The zero-order valence-corrected chi connectivity index (χ0v) is 20.4. The molecule has 0 bridgehead atoms. The van der Waals surface area contributed by atoms with Crippen molar-refractivity contribution in [2.75, 3.05) is 25.5 Å². The lowest BCUT2D eigenvalue weighted by atomic mass is 10.0. The van der Waals surface area contributed by atoms with Crippen molar-refractivity contribution in [2.45, 2.75) is 26.1 Å². The van der Waals surface area contributed by atoms with Gasteiger partial charge in [0.2, 0.25) is 0 Å². The molecule has 0 radical (unpaired) electrons. The van der Waals surface area contributed by atoms with Crippen LogP contribution in [-0.2, 0) is 13.0 Å². The number of rotatable bonds is 5. The number of fused-ring (bicyclic) bond motifs is 3. The number of carbonyl (C=O) groups excluding carboxylic acids is 2. The van der Waals surface area contributed by atoms with Gasteiger partial charge in [0.1, 0.15) is 11.2 Å². The highest BCUT2D eigenvalue weighted by Gasteiger charge is 2.33. The van der Waals surface area contributed by atoms with Crippen LogP contribution in [0.5, 0.6) is 11.5 Å². The van der Waals surface area contributed by atoms with Gasteiger partial charge >= 0.3 is 5.97 Å². The van der Waals surface area contributed by atoms with E-state index in [0.29, 0.717) is 17.4 Å². The summed E-state index contributed by atoms with van der Waals surface area (Å²) in [6.45, 7) is 4.04. The first-order valence-corrected chi connectivity index (χ1v) is 12.3. The Labute approximate surface area is 206 Å². The molecule has 3 heterocycles. The monoisotopic (exact) mass is 497 g/mol. The van der Waals surface area contributed by atoms with Crippen molar-refractivity contribution in [3.05, 3.63) is 74.6 Å². The molecule has 2 N–H and O–H groups in total. The number of thiophene rings is 1. The first kappa shape index (κ1) is 22.7. The fourth-order valence-electron chi connectivity index (χ4n) is 4.25. The number of ether oxygens (including phenoxy) is 2. The molecule has 2 aliphatic rings. The Kier molecular flexibility index (Phi) is 6.20. The second-order valence-electron chi connectivity index (χ2n) is 8.26. The molecule has 7 nitrogen and oxygen atoms in total. The van der Waals surface area contributed by atoms with Crippen molar-refractivity contribution in [3.8, 4) is 11.5 Å². The molecule has 0 unspecified atom stereocenters. The van der Waals surface area contributed by atoms with Gasteiger partial charge < -0.3 is 25.0 Å². The molecule has 2 aliphatic heterocycles. The van der Waals surface area contributed by atoms with Crippen molar-refractivity contribution in [2.24, 2.45) is 0 Å². The number of nitrogens with zero attached hydrogens (tertiary/aromatic N) is 1. The molecular formula is C25H24ClN3O4S. The highest BCUT2D eigenvalue weighted by Crippen LogP contribution is 2.41. The number of benzene rings is 2. The minimum atomic E-state index is -0.567. The quantitative estimate of drug-likeness (QED) is 0.387. The molecule has 1 amide bonds. The Bertz CT molecular complexity index is 1280. The molecule has 5 rings (SSSR count). The Hall–Kier alpha value is -3.07. The second-order valence-corrected chi connectivity index (χ2v) is 9.77. The number of amides is 1. The van der Waals surface area contributed by atoms with Crippen molar-refractivity contribution >= 4 is 39.8 Å². The summed E-state index contributed by atoms with van der Waals surface area (Å²) in [5.41, 5.74) is 2.98. The standard InChI is InChI=1S/C25H24ClN3O4S/c1-3-32-19-12-14(8-9-18(19)33-25(31)15-6-4-5-7-17(15)26)22-27-23(30)21-16-10-11-29(2)13-20(16)34-24(21)28-22/h4-9,12,22,28H,3,10-11,13H2,1-2H3,(H,27,30)/t22-/m0/s1. The lowest BCUT2D eigenvalue weighted by molar-refractivity contribution is 0.0728. The maximum Gasteiger partial charge on any atom is 0.345 e. The van der Waals surface area contributed by atoms with E-state index in [-0.39, 0.29) is 17.2 Å². The van der Waals surface area contributed by atoms with Crippen molar-refractivity contribution in [1.29, 1.82) is 0 Å². The number of carbonyl (C=O) groups is 2. The highest BCUT2D eigenvalue weighted by atomic mass is 35.5. The van der Waals surface area contributed by atoms with Gasteiger partial charge in [-0.2, -0.15) is 0 Å². The number of hydrogen-bond acceptors (Lipinski definition) is 7. The molecule has 1 aromatic heterocycles. The van der Waals surface area contributed by atoms with Gasteiger partial charge in [-0.25, -0.2) is 4.79 Å². The number of esters is 1. The van der Waals surface area contributed by atoms with E-state index in [1.165, 1.54) is 4.88 Å². The van der Waals surface area contributed by atoms with Gasteiger partial charge in [0.05, 0.1) is 22.8 Å². The van der Waals surface area contributed by atoms with Crippen LogP contribution in [0.2, 0.25) is 5.02 Å². The van der Waals surface area contributed by atoms with Crippen LogP contribution in [0.4, 0.5) is 5.00 Å². The molecule has 2 aromatic carbocycles. The van der Waals surface area contributed by atoms with Crippen LogP contribution in [0.3, 0.4) is 0 Å². The predicted octanol–water partition coefficient (Wildman–Crippen LogP) is 4.86. The molecule has 1 atom stereocenters. The fourth-order valence-corrected chi connectivity index (χ4v) is 5.81. The van der Waals surface area contributed by atoms with Crippen LogP contribution < -0.4 is 20.1 Å². The summed E-state index contributed by atoms with van der Waals surface area (Å²) in [5.74, 6) is 0.0532. The molecule has 3 aromatic rings. The molecule has 0 fully saturated rings. The summed E-state index contributed by atoms with van der Waals surface area (Å²) < 4.78 is 11.3. The Morgan fingerprint density at radius 2 is 2.03 bits per heavy atom. The van der Waals surface area contributed by atoms with Gasteiger partial charge in [-0.15, -0.1) is 11.3 Å². The third kappa shape index (κ3) is 4.24. The molecule has 0 spiro atoms. The Morgan fingerprint density at radius 1 is 1.21 bits per heavy atom. The topological polar surface area (TPSA) is 79.9 Å². The van der Waals surface area contributed by atoms with Crippen molar-refractivity contribution in [1.82, 2.24) is 10.2 Å². The average molecular weight is 498 g/mol. The van der Waals surface area contributed by atoms with Crippen LogP contribution in [-0.4, -0.2) is 37.0 Å². The van der Waals surface area contributed by atoms with Gasteiger partial charge in [-0.05, 0) is 55.8 Å². The third-order valence-electron chi connectivity index (χ3n) is 5.92. The van der Waals surface area contributed by atoms with Crippen molar-refractivity contribution in [3.63, 3.8) is 0 Å². The fraction of sp³-hybridized carbons (Fsp3) is 0.280. The normalized spacial score (nSPS) is 17.3. The Balaban J connectivity index is 1.41. The van der Waals surface area contributed by atoms with E-state index in [1.807, 2.05) is 13.0 Å². The maximum atomic E-state index is 13.0. The minimum absolute atomic E-state index is 0.0759. The van der Waals surface area contributed by atoms with Gasteiger partial charge in [0.15, 0.2) is 11.5 Å². The van der Waals surface area contributed by atoms with Gasteiger partial charge in [0, 0.05) is 18.0 Å². The zero-order chi connectivity index (χ0) is 23.8.